The second-order valence-corrected chi connectivity index (χ2v) is 13.5. The van der Waals surface area contributed by atoms with E-state index in [9.17, 15) is 0 Å². The maximum atomic E-state index is 5.45. The highest BCUT2D eigenvalue weighted by Crippen LogP contribution is 1.86. The molecular formula is C6H17BrMgOSi. The van der Waals surface area contributed by atoms with Crippen LogP contribution in [-0.4, -0.2) is 36.9 Å². The van der Waals surface area contributed by atoms with Crippen LogP contribution in [0.1, 0.15) is 13.8 Å². The molecule has 0 radical (unpaired) electrons. The van der Waals surface area contributed by atoms with Gasteiger partial charge in [-0.05, 0) is 13.8 Å². The van der Waals surface area contributed by atoms with Crippen LogP contribution in [-0.2, 0) is 4.74 Å². The van der Waals surface area contributed by atoms with Crippen LogP contribution >= 0.6 is 17.0 Å². The highest BCUT2D eigenvalue weighted by Gasteiger charge is 2.02. The molecule has 1 nitrogen and oxygen atoms in total. The van der Waals surface area contributed by atoms with Crippen molar-refractivity contribution in [2.45, 2.75) is 33.0 Å². The summed E-state index contributed by atoms with van der Waals surface area (Å²) in [7, 11) is 0. The van der Waals surface area contributed by atoms with Crippen LogP contribution in [0.15, 0.2) is 0 Å². The first-order valence-electron chi connectivity index (χ1n) is 3.74. The van der Waals surface area contributed by atoms with Gasteiger partial charge < -0.3 is 4.74 Å². The first-order chi connectivity index (χ1) is 4.13. The fourth-order valence-electron chi connectivity index (χ4n) is 0.539. The molecule has 0 aromatic carbocycles. The topological polar surface area (TPSA) is 9.23 Å². The molecule has 10 heavy (non-hydrogen) atoms. The molecule has 0 aromatic heterocycles. The van der Waals surface area contributed by atoms with E-state index in [0.717, 1.165) is 4.74 Å². The van der Waals surface area contributed by atoms with E-state index in [0.29, 0.717) is 6.10 Å². The smallest absolute Gasteiger partial charge is 0.400 e. The molecule has 0 bridgehead atoms. The SMILES string of the molecule is Br.CC(C)O[CH2][Mg][SiH](C)C. The molecule has 60 valence electrons. The van der Waals surface area contributed by atoms with E-state index in [1.54, 1.807) is 0 Å². The maximum Gasteiger partial charge on any atom is 0.400 e. The summed E-state index contributed by atoms with van der Waals surface area (Å²) in [4.78, 5) is 0. The predicted octanol–water partition coefficient (Wildman–Crippen LogP) is 1.63. The van der Waals surface area contributed by atoms with Crippen molar-refractivity contribution in [2.75, 3.05) is 4.74 Å². The predicted molar refractivity (Wildman–Crippen MR) is 56.0 cm³/mol. The van der Waals surface area contributed by atoms with E-state index < -0.39 is 0 Å². The lowest BCUT2D eigenvalue weighted by molar-refractivity contribution is 0.116. The van der Waals surface area contributed by atoms with Gasteiger partial charge in [-0.3, -0.25) is 0 Å². The molecular weight excluding hydrogens is 220 g/mol. The van der Waals surface area contributed by atoms with Gasteiger partial charge in [0.2, 0.25) is 0 Å². The molecule has 0 aliphatic heterocycles. The number of hydrogen-bond donors (Lipinski definition) is 0. The summed E-state index contributed by atoms with van der Waals surface area (Å²) in [5, 5.41) is 0. The van der Waals surface area contributed by atoms with Crippen molar-refractivity contribution in [3.05, 3.63) is 0 Å². The third-order valence-electron chi connectivity index (χ3n) is 1.15. The second kappa shape index (κ2) is 8.52. The van der Waals surface area contributed by atoms with Gasteiger partial charge in [-0.15, -0.1) is 17.0 Å². The molecule has 0 saturated heterocycles. The number of rotatable bonds is 4. The molecule has 0 spiro atoms. The third-order valence-corrected chi connectivity index (χ3v) is 6.94. The van der Waals surface area contributed by atoms with Gasteiger partial charge in [-0.2, -0.15) is 0 Å². The quantitative estimate of drug-likeness (QED) is 0.676. The summed E-state index contributed by atoms with van der Waals surface area (Å²) in [6.45, 7) is 9.04. The Morgan fingerprint density at radius 2 is 1.90 bits per heavy atom. The van der Waals surface area contributed by atoms with Crippen molar-refractivity contribution < 1.29 is 4.74 Å². The van der Waals surface area contributed by atoms with Crippen LogP contribution in [0.2, 0.25) is 13.1 Å². The molecule has 0 fully saturated rings. The Labute approximate surface area is 85.1 Å². The maximum absolute atomic E-state index is 5.45. The van der Waals surface area contributed by atoms with Crippen molar-refractivity contribution in [1.82, 2.24) is 0 Å². The van der Waals surface area contributed by atoms with Crippen molar-refractivity contribution >= 4 is 43.0 Å². The van der Waals surface area contributed by atoms with Crippen LogP contribution in [0.5, 0.6) is 0 Å². The second-order valence-electron chi connectivity index (χ2n) is 3.10. The lowest BCUT2D eigenvalue weighted by Crippen LogP contribution is -2.20. The zero-order chi connectivity index (χ0) is 7.28. The van der Waals surface area contributed by atoms with E-state index in [-0.39, 0.29) is 43.0 Å². The Morgan fingerprint density at radius 1 is 1.40 bits per heavy atom. The highest BCUT2D eigenvalue weighted by atomic mass is 79.9. The lowest BCUT2D eigenvalue weighted by Gasteiger charge is -2.06. The molecule has 0 saturated carbocycles. The van der Waals surface area contributed by atoms with Gasteiger partial charge in [-0.1, -0.05) is 24.3 Å². The number of hydrogen-bond acceptors (Lipinski definition) is 1. The number of halogens is 1. The lowest BCUT2D eigenvalue weighted by atomic mass is 10.5. The third kappa shape index (κ3) is 12.1. The molecule has 0 aliphatic rings. The van der Waals surface area contributed by atoms with Crippen molar-refractivity contribution in [2.24, 2.45) is 0 Å². The summed E-state index contributed by atoms with van der Waals surface area (Å²) < 4.78 is 6.56. The summed E-state index contributed by atoms with van der Waals surface area (Å²) in [6.07, 6.45) is 0.234. The van der Waals surface area contributed by atoms with Gasteiger partial charge in [0.25, 0.3) is 0 Å². The van der Waals surface area contributed by atoms with Gasteiger partial charge in [0.1, 0.15) is 0 Å². The molecule has 0 aromatic rings. The van der Waals surface area contributed by atoms with Crippen molar-refractivity contribution in [1.29, 1.82) is 0 Å². The average molecular weight is 237 g/mol. The van der Waals surface area contributed by atoms with Crippen LogP contribution in [0.3, 0.4) is 0 Å². The summed E-state index contributed by atoms with van der Waals surface area (Å²) in [5.74, 6) is 0. The highest BCUT2D eigenvalue weighted by molar-refractivity contribution is 8.93. The summed E-state index contributed by atoms with van der Waals surface area (Å²) >= 11 is 0.220. The van der Waals surface area contributed by atoms with Gasteiger partial charge in [-0.25, -0.2) is 0 Å². The van der Waals surface area contributed by atoms with Crippen molar-refractivity contribution in [3.63, 3.8) is 0 Å². The monoisotopic (exact) mass is 236 g/mol. The van der Waals surface area contributed by atoms with Crippen LogP contribution in [0, 0.1) is 0 Å². The Kier molecular flexibility index (Phi) is 11.9. The van der Waals surface area contributed by atoms with E-state index in [4.69, 9.17) is 4.74 Å². The summed E-state index contributed by atoms with van der Waals surface area (Å²) in [6, 6.07) is 0. The Balaban J connectivity index is 0. The standard InChI is InChI=1S/C4H9O.C2H7Si.BrH.Mg/c1-4(2)5-3;1-3-2;;/h4H,3H2,1-2H3;3H,1-2H3;1H;. The van der Waals surface area contributed by atoms with Crippen LogP contribution in [0.4, 0.5) is 0 Å². The Morgan fingerprint density at radius 3 is 2.20 bits per heavy atom. The van der Waals surface area contributed by atoms with Crippen molar-refractivity contribution in [3.8, 4) is 0 Å². The molecule has 0 unspecified atom stereocenters. The zero-order valence-corrected chi connectivity index (χ0v) is 11.7. The average Bonchev–Trinajstić information content (AvgIpc) is 1.63. The molecule has 0 heterocycles. The first-order valence-corrected chi connectivity index (χ1v) is 10.3. The summed E-state index contributed by atoms with van der Waals surface area (Å²) in [5.41, 5.74) is 0. The minimum Gasteiger partial charge on any atom is -0.407 e. The number of ether oxygens (including phenoxy) is 1. The molecule has 0 N–H and O–H groups in total. The molecule has 0 amide bonds. The van der Waals surface area contributed by atoms with E-state index >= 15 is 0 Å². The van der Waals surface area contributed by atoms with Gasteiger partial charge in [0.15, 0.2) is 0 Å². The van der Waals surface area contributed by atoms with Crippen LogP contribution in [0.25, 0.3) is 0 Å². The molecule has 4 heteroatoms. The molecule has 0 atom stereocenters. The first kappa shape index (κ1) is 14.0. The fourth-order valence-corrected chi connectivity index (χ4v) is 3.44. The fraction of sp³-hybridized carbons (Fsp3) is 1.00. The van der Waals surface area contributed by atoms with Gasteiger partial charge in [0.05, 0.1) is 0 Å². The minimum atomic E-state index is -0.216. The zero-order valence-electron chi connectivity index (χ0n) is 7.39. The molecule has 0 aliphatic carbocycles. The minimum absolute atomic E-state index is 0. The van der Waals surface area contributed by atoms with Gasteiger partial charge >= 0.3 is 19.6 Å². The largest absolute Gasteiger partial charge is 0.407 e. The Hall–Kier alpha value is 1.42. The van der Waals surface area contributed by atoms with E-state index in [1.165, 1.54) is 0 Å². The van der Waals surface area contributed by atoms with E-state index in [2.05, 4.69) is 26.9 Å². The van der Waals surface area contributed by atoms with Gasteiger partial charge in [0, 0.05) is 6.10 Å². The normalized spacial score (nSPS) is 9.40. The molecule has 0 rings (SSSR count). The Bertz CT molecular complexity index is 62.8. The van der Waals surface area contributed by atoms with Crippen LogP contribution < -0.4 is 0 Å². The van der Waals surface area contributed by atoms with E-state index in [1.807, 2.05) is 0 Å².